The standard InChI is InChI=1S/C21H22N2O3S/c1-2-13-25-18-7-5-17(6-8-18)20-23-19(15-27-20)21(24)26-14-3-4-16-9-11-22-12-10-16/h5-12,15H,2-4,13-14H2,1H3. The van der Waals surface area contributed by atoms with Gasteiger partial charge in [0.2, 0.25) is 0 Å². The molecule has 0 aliphatic carbocycles. The minimum atomic E-state index is -0.380. The van der Waals surface area contributed by atoms with Crippen LogP contribution in [-0.2, 0) is 11.2 Å². The number of carbonyl (C=O) groups is 1. The van der Waals surface area contributed by atoms with Gasteiger partial charge in [-0.05, 0) is 61.2 Å². The third-order valence-corrected chi connectivity index (χ3v) is 4.77. The lowest BCUT2D eigenvalue weighted by Gasteiger charge is -2.04. The molecule has 3 rings (SSSR count). The number of esters is 1. The zero-order valence-electron chi connectivity index (χ0n) is 15.3. The highest BCUT2D eigenvalue weighted by Gasteiger charge is 2.13. The fraction of sp³-hybridized carbons (Fsp3) is 0.286. The van der Waals surface area contributed by atoms with Crippen LogP contribution in [0, 0.1) is 0 Å². The molecule has 1 aromatic carbocycles. The third kappa shape index (κ3) is 5.62. The van der Waals surface area contributed by atoms with E-state index in [1.807, 2.05) is 36.4 Å². The van der Waals surface area contributed by atoms with Crippen molar-refractivity contribution >= 4 is 17.3 Å². The summed E-state index contributed by atoms with van der Waals surface area (Å²) in [6.07, 6.45) is 6.13. The van der Waals surface area contributed by atoms with Crippen molar-refractivity contribution in [3.8, 4) is 16.3 Å². The van der Waals surface area contributed by atoms with Gasteiger partial charge in [-0.15, -0.1) is 11.3 Å². The fourth-order valence-electron chi connectivity index (χ4n) is 2.48. The van der Waals surface area contributed by atoms with E-state index in [9.17, 15) is 4.79 Å². The van der Waals surface area contributed by atoms with E-state index in [2.05, 4.69) is 16.9 Å². The van der Waals surface area contributed by atoms with Gasteiger partial charge >= 0.3 is 5.97 Å². The highest BCUT2D eigenvalue weighted by Crippen LogP contribution is 2.26. The Morgan fingerprint density at radius 2 is 1.85 bits per heavy atom. The van der Waals surface area contributed by atoms with Crippen molar-refractivity contribution in [2.75, 3.05) is 13.2 Å². The number of benzene rings is 1. The summed E-state index contributed by atoms with van der Waals surface area (Å²) in [5.41, 5.74) is 2.49. The Kier molecular flexibility index (Phi) is 6.93. The SMILES string of the molecule is CCCOc1ccc(-c2nc(C(=O)OCCCc3ccncc3)cs2)cc1. The predicted molar refractivity (Wildman–Crippen MR) is 106 cm³/mol. The number of ether oxygens (including phenoxy) is 2. The average Bonchev–Trinajstić information content (AvgIpc) is 3.21. The van der Waals surface area contributed by atoms with Crippen LogP contribution in [0.5, 0.6) is 5.75 Å². The molecule has 0 bridgehead atoms. The molecule has 3 aromatic rings. The number of carbonyl (C=O) groups excluding carboxylic acids is 1. The molecule has 0 unspecified atom stereocenters. The van der Waals surface area contributed by atoms with E-state index in [0.29, 0.717) is 18.9 Å². The minimum absolute atomic E-state index is 0.352. The smallest absolute Gasteiger partial charge is 0.357 e. The Hall–Kier alpha value is -2.73. The number of aromatic nitrogens is 2. The Labute approximate surface area is 163 Å². The predicted octanol–water partition coefficient (Wildman–Crippen LogP) is 4.78. The lowest BCUT2D eigenvalue weighted by molar-refractivity contribution is 0.0495. The quantitative estimate of drug-likeness (QED) is 0.393. The van der Waals surface area contributed by atoms with Gasteiger partial charge < -0.3 is 9.47 Å². The van der Waals surface area contributed by atoms with Crippen molar-refractivity contribution in [2.45, 2.75) is 26.2 Å². The second-order valence-electron chi connectivity index (χ2n) is 6.01. The molecule has 0 aliphatic heterocycles. The molecule has 0 radical (unpaired) electrons. The first kappa shape index (κ1) is 19.0. The second-order valence-corrected chi connectivity index (χ2v) is 6.86. The lowest BCUT2D eigenvalue weighted by Crippen LogP contribution is -2.07. The molecule has 2 heterocycles. The summed E-state index contributed by atoms with van der Waals surface area (Å²) >= 11 is 1.43. The number of pyridine rings is 1. The first-order valence-electron chi connectivity index (χ1n) is 9.01. The van der Waals surface area contributed by atoms with E-state index < -0.39 is 0 Å². The number of nitrogens with zero attached hydrogens (tertiary/aromatic N) is 2. The van der Waals surface area contributed by atoms with Crippen molar-refractivity contribution in [2.24, 2.45) is 0 Å². The number of hydrogen-bond donors (Lipinski definition) is 0. The van der Waals surface area contributed by atoms with Crippen LogP contribution in [0.2, 0.25) is 0 Å². The first-order chi connectivity index (χ1) is 13.3. The Morgan fingerprint density at radius 1 is 1.07 bits per heavy atom. The van der Waals surface area contributed by atoms with Gasteiger partial charge in [0.25, 0.3) is 0 Å². The van der Waals surface area contributed by atoms with Gasteiger partial charge in [-0.3, -0.25) is 4.98 Å². The molecule has 0 atom stereocenters. The highest BCUT2D eigenvalue weighted by atomic mass is 32.1. The van der Waals surface area contributed by atoms with Gasteiger partial charge in [0.15, 0.2) is 5.69 Å². The molecule has 0 saturated heterocycles. The number of rotatable bonds is 9. The average molecular weight is 382 g/mol. The molecule has 0 fully saturated rings. The zero-order chi connectivity index (χ0) is 18.9. The maximum Gasteiger partial charge on any atom is 0.357 e. The Bertz CT molecular complexity index is 847. The zero-order valence-corrected chi connectivity index (χ0v) is 16.1. The molecule has 0 aliphatic rings. The van der Waals surface area contributed by atoms with E-state index in [0.717, 1.165) is 35.6 Å². The van der Waals surface area contributed by atoms with Gasteiger partial charge in [-0.25, -0.2) is 9.78 Å². The summed E-state index contributed by atoms with van der Waals surface area (Å²) < 4.78 is 10.9. The molecule has 0 amide bonds. The van der Waals surface area contributed by atoms with Crippen LogP contribution >= 0.6 is 11.3 Å². The minimum Gasteiger partial charge on any atom is -0.494 e. The first-order valence-corrected chi connectivity index (χ1v) is 9.89. The molecule has 140 valence electrons. The van der Waals surface area contributed by atoms with Crippen LogP contribution in [0.25, 0.3) is 10.6 Å². The third-order valence-electron chi connectivity index (χ3n) is 3.88. The fourth-order valence-corrected chi connectivity index (χ4v) is 3.27. The second kappa shape index (κ2) is 9.83. The van der Waals surface area contributed by atoms with Crippen LogP contribution in [0.1, 0.15) is 35.8 Å². The van der Waals surface area contributed by atoms with Crippen LogP contribution in [0.4, 0.5) is 0 Å². The summed E-state index contributed by atoms with van der Waals surface area (Å²) in [4.78, 5) is 20.6. The van der Waals surface area contributed by atoms with E-state index in [-0.39, 0.29) is 5.97 Å². The molecule has 5 nitrogen and oxygen atoms in total. The van der Waals surface area contributed by atoms with Gasteiger partial charge in [-0.2, -0.15) is 0 Å². The Morgan fingerprint density at radius 3 is 2.59 bits per heavy atom. The van der Waals surface area contributed by atoms with Gasteiger partial charge in [-0.1, -0.05) is 6.92 Å². The van der Waals surface area contributed by atoms with Crippen LogP contribution in [0.15, 0.2) is 54.2 Å². The molecule has 0 spiro atoms. The molecule has 2 aromatic heterocycles. The van der Waals surface area contributed by atoms with Crippen molar-refractivity contribution in [1.82, 2.24) is 9.97 Å². The highest BCUT2D eigenvalue weighted by molar-refractivity contribution is 7.13. The lowest BCUT2D eigenvalue weighted by atomic mass is 10.1. The summed E-state index contributed by atoms with van der Waals surface area (Å²) in [5, 5.41) is 2.53. The summed E-state index contributed by atoms with van der Waals surface area (Å²) in [5.74, 6) is 0.459. The van der Waals surface area contributed by atoms with Crippen LogP contribution in [0.3, 0.4) is 0 Å². The largest absolute Gasteiger partial charge is 0.494 e. The molecular formula is C21H22N2O3S. The maximum atomic E-state index is 12.2. The molecule has 27 heavy (non-hydrogen) atoms. The van der Waals surface area contributed by atoms with Gasteiger partial charge in [0.1, 0.15) is 10.8 Å². The van der Waals surface area contributed by atoms with Crippen molar-refractivity contribution in [1.29, 1.82) is 0 Å². The number of hydrogen-bond acceptors (Lipinski definition) is 6. The topological polar surface area (TPSA) is 61.3 Å². The Balaban J connectivity index is 1.50. The summed E-state index contributed by atoms with van der Waals surface area (Å²) in [6.45, 7) is 3.15. The normalized spacial score (nSPS) is 10.6. The number of thiazole rings is 1. The van der Waals surface area contributed by atoms with Crippen molar-refractivity contribution in [3.63, 3.8) is 0 Å². The molecule has 6 heteroatoms. The van der Waals surface area contributed by atoms with Crippen LogP contribution < -0.4 is 4.74 Å². The monoisotopic (exact) mass is 382 g/mol. The maximum absolute atomic E-state index is 12.2. The number of aryl methyl sites for hydroxylation is 1. The van der Waals surface area contributed by atoms with E-state index in [4.69, 9.17) is 9.47 Å². The molecule has 0 saturated carbocycles. The van der Waals surface area contributed by atoms with Gasteiger partial charge in [0.05, 0.1) is 13.2 Å². The van der Waals surface area contributed by atoms with Crippen LogP contribution in [-0.4, -0.2) is 29.2 Å². The van der Waals surface area contributed by atoms with Gasteiger partial charge in [0, 0.05) is 23.3 Å². The molecular weight excluding hydrogens is 360 g/mol. The van der Waals surface area contributed by atoms with E-state index in [1.165, 1.54) is 16.9 Å². The van der Waals surface area contributed by atoms with E-state index in [1.54, 1.807) is 17.8 Å². The summed E-state index contributed by atoms with van der Waals surface area (Å²) in [6, 6.07) is 11.7. The molecule has 0 N–H and O–H groups in total. The van der Waals surface area contributed by atoms with Crippen molar-refractivity contribution in [3.05, 3.63) is 65.4 Å². The van der Waals surface area contributed by atoms with Crippen molar-refractivity contribution < 1.29 is 14.3 Å². The van der Waals surface area contributed by atoms with E-state index >= 15 is 0 Å². The summed E-state index contributed by atoms with van der Waals surface area (Å²) in [7, 11) is 0.